The second kappa shape index (κ2) is 7.78. The summed E-state index contributed by atoms with van der Waals surface area (Å²) < 4.78 is 2.00. The minimum absolute atomic E-state index is 0.0314. The summed E-state index contributed by atoms with van der Waals surface area (Å²) in [4.78, 5) is 34.6. The molecule has 1 atom stereocenters. The molecule has 6 nitrogen and oxygen atoms in total. The van der Waals surface area contributed by atoms with Crippen molar-refractivity contribution in [3.8, 4) is 0 Å². The first-order chi connectivity index (χ1) is 13.6. The lowest BCUT2D eigenvalue weighted by atomic mass is 10.0. The van der Waals surface area contributed by atoms with E-state index in [4.69, 9.17) is 0 Å². The smallest absolute Gasteiger partial charge is 0.289 e. The SMILES string of the molecule is CC1CCCN(C(=O)c2nc(C(=O)N(C)c3ccccc3)c3n2CCCC3)C1. The van der Waals surface area contributed by atoms with Crippen LogP contribution in [0.5, 0.6) is 0 Å². The fraction of sp³-hybridized carbons (Fsp3) is 0.500. The third kappa shape index (κ3) is 3.43. The molecule has 2 aromatic rings. The molecule has 1 saturated heterocycles. The number of imidazole rings is 1. The highest BCUT2D eigenvalue weighted by Gasteiger charge is 2.32. The number of hydrogen-bond donors (Lipinski definition) is 0. The van der Waals surface area contributed by atoms with Gasteiger partial charge in [-0.1, -0.05) is 25.1 Å². The second-order valence-electron chi connectivity index (χ2n) is 8.04. The van der Waals surface area contributed by atoms with E-state index in [-0.39, 0.29) is 11.8 Å². The normalized spacial score (nSPS) is 19.2. The molecule has 0 saturated carbocycles. The van der Waals surface area contributed by atoms with Gasteiger partial charge in [-0.25, -0.2) is 4.98 Å². The number of hydrogen-bond acceptors (Lipinski definition) is 3. The Labute approximate surface area is 166 Å². The van der Waals surface area contributed by atoms with E-state index >= 15 is 0 Å². The zero-order chi connectivity index (χ0) is 19.7. The highest BCUT2D eigenvalue weighted by Crippen LogP contribution is 2.26. The summed E-state index contributed by atoms with van der Waals surface area (Å²) in [6.07, 6.45) is 5.02. The number of piperidine rings is 1. The maximum atomic E-state index is 13.2. The van der Waals surface area contributed by atoms with E-state index in [9.17, 15) is 9.59 Å². The van der Waals surface area contributed by atoms with E-state index < -0.39 is 0 Å². The average molecular weight is 380 g/mol. The highest BCUT2D eigenvalue weighted by molar-refractivity contribution is 6.06. The number of amides is 2. The Morgan fingerprint density at radius 3 is 2.64 bits per heavy atom. The quantitative estimate of drug-likeness (QED) is 0.820. The van der Waals surface area contributed by atoms with E-state index in [1.807, 2.05) is 39.8 Å². The monoisotopic (exact) mass is 380 g/mol. The molecule has 1 fully saturated rings. The molecule has 6 heteroatoms. The van der Waals surface area contributed by atoms with Crippen molar-refractivity contribution in [1.29, 1.82) is 0 Å². The van der Waals surface area contributed by atoms with Crippen molar-refractivity contribution in [1.82, 2.24) is 14.5 Å². The van der Waals surface area contributed by atoms with Gasteiger partial charge in [0.1, 0.15) is 0 Å². The van der Waals surface area contributed by atoms with Crippen molar-refractivity contribution >= 4 is 17.5 Å². The third-order valence-electron chi connectivity index (χ3n) is 5.90. The average Bonchev–Trinajstić information content (AvgIpc) is 3.12. The van der Waals surface area contributed by atoms with E-state index in [2.05, 4.69) is 11.9 Å². The molecule has 0 radical (unpaired) electrons. The molecule has 148 valence electrons. The van der Waals surface area contributed by atoms with Crippen LogP contribution in [0.25, 0.3) is 0 Å². The molecule has 4 rings (SSSR count). The number of fused-ring (bicyclic) bond motifs is 1. The van der Waals surface area contributed by atoms with Crippen LogP contribution in [0.4, 0.5) is 5.69 Å². The van der Waals surface area contributed by atoms with Crippen LogP contribution in [0.1, 0.15) is 59.4 Å². The van der Waals surface area contributed by atoms with Gasteiger partial charge >= 0.3 is 0 Å². The molecular formula is C22H28N4O2. The molecule has 0 aliphatic carbocycles. The lowest BCUT2D eigenvalue weighted by Crippen LogP contribution is -2.40. The van der Waals surface area contributed by atoms with E-state index in [1.54, 1.807) is 11.9 Å². The largest absolute Gasteiger partial charge is 0.336 e. The van der Waals surface area contributed by atoms with Crippen LogP contribution in [0, 0.1) is 5.92 Å². The van der Waals surface area contributed by atoms with Gasteiger partial charge in [0.2, 0.25) is 0 Å². The number of aromatic nitrogens is 2. The van der Waals surface area contributed by atoms with Crippen molar-refractivity contribution in [2.45, 2.75) is 45.6 Å². The predicted molar refractivity (Wildman–Crippen MR) is 109 cm³/mol. The summed E-state index contributed by atoms with van der Waals surface area (Å²) in [7, 11) is 1.76. The van der Waals surface area contributed by atoms with Crippen molar-refractivity contribution in [2.75, 3.05) is 25.0 Å². The minimum atomic E-state index is -0.150. The number of likely N-dealkylation sites (tertiary alicyclic amines) is 1. The summed E-state index contributed by atoms with van der Waals surface area (Å²) in [6.45, 7) is 4.49. The maximum Gasteiger partial charge on any atom is 0.289 e. The van der Waals surface area contributed by atoms with Crippen LogP contribution in [0.2, 0.25) is 0 Å². The molecule has 2 amide bonds. The maximum absolute atomic E-state index is 13.2. The number of nitrogens with zero attached hydrogens (tertiary/aromatic N) is 4. The molecule has 2 aliphatic rings. The first kappa shape index (κ1) is 18.7. The van der Waals surface area contributed by atoms with Gasteiger partial charge in [0, 0.05) is 32.4 Å². The van der Waals surface area contributed by atoms with Gasteiger partial charge in [-0.15, -0.1) is 0 Å². The molecular weight excluding hydrogens is 352 g/mol. The van der Waals surface area contributed by atoms with E-state index in [0.717, 1.165) is 63.1 Å². The molecule has 0 spiro atoms. The van der Waals surface area contributed by atoms with Crippen molar-refractivity contribution < 1.29 is 9.59 Å². The first-order valence-electron chi connectivity index (χ1n) is 10.3. The van der Waals surface area contributed by atoms with Gasteiger partial charge in [0.15, 0.2) is 11.5 Å². The topological polar surface area (TPSA) is 58.4 Å². The molecule has 2 aliphatic heterocycles. The summed E-state index contributed by atoms with van der Waals surface area (Å²) in [5, 5.41) is 0. The van der Waals surface area contributed by atoms with E-state index in [1.165, 1.54) is 0 Å². The first-order valence-corrected chi connectivity index (χ1v) is 10.3. The van der Waals surface area contributed by atoms with Crippen molar-refractivity contribution in [3.63, 3.8) is 0 Å². The van der Waals surface area contributed by atoms with Gasteiger partial charge in [-0.2, -0.15) is 0 Å². The Morgan fingerprint density at radius 1 is 1.11 bits per heavy atom. The number of carbonyl (C=O) groups excluding carboxylic acids is 2. The summed E-state index contributed by atoms with van der Waals surface area (Å²) >= 11 is 0. The lowest BCUT2D eigenvalue weighted by Gasteiger charge is -2.31. The Kier molecular flexibility index (Phi) is 5.20. The molecule has 28 heavy (non-hydrogen) atoms. The Hall–Kier alpha value is -2.63. The fourth-order valence-electron chi connectivity index (χ4n) is 4.32. The Balaban J connectivity index is 1.67. The van der Waals surface area contributed by atoms with Crippen LogP contribution in [0.3, 0.4) is 0 Å². The highest BCUT2D eigenvalue weighted by atomic mass is 16.2. The standard InChI is InChI=1S/C22H28N4O2/c1-16-9-8-13-25(15-16)22(28)20-23-19(18-12-6-7-14-26(18)20)21(27)24(2)17-10-4-3-5-11-17/h3-5,10-11,16H,6-9,12-15H2,1-2H3. The Bertz CT molecular complexity index is 874. The summed E-state index contributed by atoms with van der Waals surface area (Å²) in [6, 6.07) is 9.56. The predicted octanol–water partition coefficient (Wildman–Crippen LogP) is 3.37. The number of rotatable bonds is 3. The van der Waals surface area contributed by atoms with Gasteiger partial charge in [-0.05, 0) is 50.2 Å². The molecule has 3 heterocycles. The summed E-state index contributed by atoms with van der Waals surface area (Å²) in [5.41, 5.74) is 2.16. The number of benzene rings is 1. The fourth-order valence-corrected chi connectivity index (χ4v) is 4.32. The Morgan fingerprint density at radius 2 is 1.89 bits per heavy atom. The van der Waals surface area contributed by atoms with E-state index in [0.29, 0.717) is 17.4 Å². The van der Waals surface area contributed by atoms with Crippen LogP contribution in [-0.4, -0.2) is 46.4 Å². The van der Waals surface area contributed by atoms with Crippen LogP contribution < -0.4 is 4.90 Å². The number of para-hydroxylation sites is 1. The number of anilines is 1. The van der Waals surface area contributed by atoms with Gasteiger partial charge in [-0.3, -0.25) is 9.59 Å². The van der Waals surface area contributed by atoms with Gasteiger partial charge < -0.3 is 14.4 Å². The zero-order valence-electron chi connectivity index (χ0n) is 16.7. The zero-order valence-corrected chi connectivity index (χ0v) is 16.7. The van der Waals surface area contributed by atoms with Crippen molar-refractivity contribution in [3.05, 3.63) is 47.5 Å². The molecule has 1 unspecified atom stereocenters. The van der Waals surface area contributed by atoms with Gasteiger partial charge in [0.25, 0.3) is 11.8 Å². The number of carbonyl (C=O) groups is 2. The third-order valence-corrected chi connectivity index (χ3v) is 5.90. The van der Waals surface area contributed by atoms with Crippen LogP contribution in [-0.2, 0) is 13.0 Å². The second-order valence-corrected chi connectivity index (χ2v) is 8.04. The molecule has 1 aromatic heterocycles. The molecule has 0 N–H and O–H groups in total. The summed E-state index contributed by atoms with van der Waals surface area (Å²) in [5.74, 6) is 0.770. The lowest BCUT2D eigenvalue weighted by molar-refractivity contribution is 0.0664. The molecule has 0 bridgehead atoms. The van der Waals surface area contributed by atoms with Crippen molar-refractivity contribution in [2.24, 2.45) is 5.92 Å². The van der Waals surface area contributed by atoms with Crippen LogP contribution >= 0.6 is 0 Å². The molecule has 1 aromatic carbocycles. The van der Waals surface area contributed by atoms with Crippen LogP contribution in [0.15, 0.2) is 30.3 Å². The van der Waals surface area contributed by atoms with Gasteiger partial charge in [0.05, 0.1) is 5.69 Å². The minimum Gasteiger partial charge on any atom is -0.336 e.